The molecule has 0 bridgehead atoms. The SMILES string of the molecule is Cc1cc(NC2CCCCNC2)c([N+](=O)[O-])cc1F. The minimum atomic E-state index is -0.547. The Morgan fingerprint density at radius 3 is 3.00 bits per heavy atom. The molecule has 0 aliphatic carbocycles. The summed E-state index contributed by atoms with van der Waals surface area (Å²) in [5, 5.41) is 17.4. The second-order valence-electron chi connectivity index (χ2n) is 4.92. The van der Waals surface area contributed by atoms with Gasteiger partial charge in [0, 0.05) is 12.6 Å². The first-order chi connectivity index (χ1) is 9.08. The van der Waals surface area contributed by atoms with Crippen LogP contribution in [0.3, 0.4) is 0 Å². The normalized spacial score (nSPS) is 19.8. The van der Waals surface area contributed by atoms with Crippen LogP contribution in [0.25, 0.3) is 0 Å². The summed E-state index contributed by atoms with van der Waals surface area (Å²) in [6.45, 7) is 3.35. The van der Waals surface area contributed by atoms with Crippen molar-refractivity contribution in [1.29, 1.82) is 0 Å². The fourth-order valence-electron chi connectivity index (χ4n) is 2.30. The predicted octanol–water partition coefficient (Wildman–Crippen LogP) is 2.60. The molecule has 2 N–H and O–H groups in total. The summed E-state index contributed by atoms with van der Waals surface area (Å²) >= 11 is 0. The van der Waals surface area contributed by atoms with E-state index in [0.29, 0.717) is 11.3 Å². The van der Waals surface area contributed by atoms with Gasteiger partial charge in [-0.05, 0) is 37.9 Å². The summed E-state index contributed by atoms with van der Waals surface area (Å²) in [6.07, 6.45) is 3.15. The summed E-state index contributed by atoms with van der Waals surface area (Å²) in [7, 11) is 0. The number of rotatable bonds is 3. The number of nitrogens with one attached hydrogen (secondary N) is 2. The topological polar surface area (TPSA) is 67.2 Å². The molecule has 1 aliphatic heterocycles. The third-order valence-electron chi connectivity index (χ3n) is 3.38. The standard InChI is InChI=1S/C13H18FN3O2/c1-9-6-12(13(17(18)19)7-11(9)14)16-10-4-2-3-5-15-8-10/h6-7,10,15-16H,2-5,8H2,1H3. The van der Waals surface area contributed by atoms with E-state index in [9.17, 15) is 14.5 Å². The molecule has 1 atom stereocenters. The number of halogens is 1. The molecule has 1 aliphatic rings. The van der Waals surface area contributed by atoms with Crippen LogP contribution in [0.5, 0.6) is 0 Å². The van der Waals surface area contributed by atoms with Crippen LogP contribution < -0.4 is 10.6 Å². The molecule has 19 heavy (non-hydrogen) atoms. The van der Waals surface area contributed by atoms with Crippen LogP contribution in [-0.2, 0) is 0 Å². The van der Waals surface area contributed by atoms with Crippen molar-refractivity contribution in [2.75, 3.05) is 18.4 Å². The maximum absolute atomic E-state index is 13.4. The second kappa shape index (κ2) is 5.97. The molecule has 104 valence electrons. The van der Waals surface area contributed by atoms with Crippen molar-refractivity contribution < 1.29 is 9.31 Å². The summed E-state index contributed by atoms with van der Waals surface area (Å²) in [6, 6.07) is 2.64. The predicted molar refractivity (Wildman–Crippen MR) is 71.9 cm³/mol. The van der Waals surface area contributed by atoms with Gasteiger partial charge in [-0.3, -0.25) is 10.1 Å². The van der Waals surface area contributed by atoms with Crippen LogP contribution in [0.4, 0.5) is 15.8 Å². The number of hydrogen-bond acceptors (Lipinski definition) is 4. The summed E-state index contributed by atoms with van der Waals surface area (Å²) in [5.41, 5.74) is 0.611. The number of benzene rings is 1. The van der Waals surface area contributed by atoms with Crippen LogP contribution in [0.1, 0.15) is 24.8 Å². The quantitative estimate of drug-likeness (QED) is 0.652. The molecule has 1 aromatic carbocycles. The van der Waals surface area contributed by atoms with Gasteiger partial charge in [0.25, 0.3) is 5.69 Å². The Hall–Kier alpha value is -1.69. The molecule has 0 radical (unpaired) electrons. The monoisotopic (exact) mass is 267 g/mol. The van der Waals surface area contributed by atoms with Gasteiger partial charge >= 0.3 is 0 Å². The lowest BCUT2D eigenvalue weighted by molar-refractivity contribution is -0.384. The molecule has 0 aromatic heterocycles. The van der Waals surface area contributed by atoms with Crippen LogP contribution in [0, 0.1) is 22.9 Å². The molecule has 0 saturated carbocycles. The molecule has 1 aromatic rings. The highest BCUT2D eigenvalue weighted by Gasteiger charge is 2.20. The van der Waals surface area contributed by atoms with Gasteiger partial charge in [-0.1, -0.05) is 6.42 Å². The molecule has 1 saturated heterocycles. The second-order valence-corrected chi connectivity index (χ2v) is 4.92. The number of nitrogens with zero attached hydrogens (tertiary/aromatic N) is 1. The largest absolute Gasteiger partial charge is 0.375 e. The third kappa shape index (κ3) is 3.41. The molecule has 0 spiro atoms. The minimum Gasteiger partial charge on any atom is -0.375 e. The minimum absolute atomic E-state index is 0.145. The van der Waals surface area contributed by atoms with Crippen molar-refractivity contribution in [2.45, 2.75) is 32.2 Å². The Balaban J connectivity index is 2.22. The van der Waals surface area contributed by atoms with Crippen molar-refractivity contribution in [1.82, 2.24) is 5.32 Å². The zero-order valence-corrected chi connectivity index (χ0v) is 10.9. The van der Waals surface area contributed by atoms with E-state index >= 15 is 0 Å². The van der Waals surface area contributed by atoms with E-state index in [1.807, 2.05) is 0 Å². The van der Waals surface area contributed by atoms with Gasteiger partial charge in [-0.2, -0.15) is 0 Å². The molecule has 6 heteroatoms. The fourth-order valence-corrected chi connectivity index (χ4v) is 2.30. The Labute approximate surface area is 111 Å². The number of nitro benzene ring substituents is 1. The van der Waals surface area contributed by atoms with E-state index in [1.165, 1.54) is 6.07 Å². The number of anilines is 1. The smallest absolute Gasteiger partial charge is 0.295 e. The van der Waals surface area contributed by atoms with Crippen molar-refractivity contribution in [3.63, 3.8) is 0 Å². The highest BCUT2D eigenvalue weighted by Crippen LogP contribution is 2.28. The summed E-state index contributed by atoms with van der Waals surface area (Å²) < 4.78 is 13.4. The van der Waals surface area contributed by atoms with E-state index in [-0.39, 0.29) is 11.7 Å². The van der Waals surface area contributed by atoms with Crippen LogP contribution >= 0.6 is 0 Å². The van der Waals surface area contributed by atoms with Crippen LogP contribution in [0.2, 0.25) is 0 Å². The number of hydrogen-bond donors (Lipinski definition) is 2. The highest BCUT2D eigenvalue weighted by molar-refractivity contribution is 5.63. The van der Waals surface area contributed by atoms with E-state index in [2.05, 4.69) is 10.6 Å². The molecule has 2 rings (SSSR count). The van der Waals surface area contributed by atoms with Gasteiger partial charge in [0.1, 0.15) is 11.5 Å². The van der Waals surface area contributed by atoms with Gasteiger partial charge in [0.15, 0.2) is 0 Å². The first-order valence-electron chi connectivity index (χ1n) is 6.49. The van der Waals surface area contributed by atoms with Crippen molar-refractivity contribution in [2.24, 2.45) is 0 Å². The molecule has 1 heterocycles. The van der Waals surface area contributed by atoms with Crippen LogP contribution in [-0.4, -0.2) is 24.1 Å². The first kappa shape index (κ1) is 13.7. The van der Waals surface area contributed by atoms with E-state index in [0.717, 1.165) is 38.4 Å². The van der Waals surface area contributed by atoms with E-state index < -0.39 is 10.7 Å². The summed E-state index contributed by atoms with van der Waals surface area (Å²) in [4.78, 5) is 10.4. The lowest BCUT2D eigenvalue weighted by Crippen LogP contribution is -2.31. The molecular weight excluding hydrogens is 249 g/mol. The van der Waals surface area contributed by atoms with Gasteiger partial charge in [-0.25, -0.2) is 4.39 Å². The van der Waals surface area contributed by atoms with Gasteiger partial charge in [0.05, 0.1) is 11.0 Å². The molecule has 1 unspecified atom stereocenters. The zero-order valence-electron chi connectivity index (χ0n) is 10.9. The number of aryl methyl sites for hydroxylation is 1. The Kier molecular flexibility index (Phi) is 4.31. The van der Waals surface area contributed by atoms with Crippen molar-refractivity contribution in [3.8, 4) is 0 Å². The van der Waals surface area contributed by atoms with E-state index in [4.69, 9.17) is 0 Å². The third-order valence-corrected chi connectivity index (χ3v) is 3.38. The van der Waals surface area contributed by atoms with Gasteiger partial charge < -0.3 is 10.6 Å². The molecule has 5 nitrogen and oxygen atoms in total. The van der Waals surface area contributed by atoms with Crippen LogP contribution in [0.15, 0.2) is 12.1 Å². The maximum atomic E-state index is 13.4. The van der Waals surface area contributed by atoms with E-state index in [1.54, 1.807) is 6.92 Å². The number of nitro groups is 1. The Bertz CT molecular complexity index is 471. The molecule has 1 fully saturated rings. The summed E-state index contributed by atoms with van der Waals surface area (Å²) in [5.74, 6) is -0.545. The highest BCUT2D eigenvalue weighted by atomic mass is 19.1. The Morgan fingerprint density at radius 1 is 1.47 bits per heavy atom. The lowest BCUT2D eigenvalue weighted by atomic mass is 10.1. The van der Waals surface area contributed by atoms with Crippen molar-refractivity contribution >= 4 is 11.4 Å². The maximum Gasteiger partial charge on any atom is 0.295 e. The van der Waals surface area contributed by atoms with Gasteiger partial charge in [0.2, 0.25) is 0 Å². The van der Waals surface area contributed by atoms with Crippen molar-refractivity contribution in [3.05, 3.63) is 33.6 Å². The Morgan fingerprint density at radius 2 is 2.26 bits per heavy atom. The zero-order chi connectivity index (χ0) is 13.8. The molecule has 0 amide bonds. The average molecular weight is 267 g/mol. The first-order valence-corrected chi connectivity index (χ1v) is 6.49. The van der Waals surface area contributed by atoms with Gasteiger partial charge in [-0.15, -0.1) is 0 Å². The molecular formula is C13H18FN3O2. The fraction of sp³-hybridized carbons (Fsp3) is 0.538. The lowest BCUT2D eigenvalue weighted by Gasteiger charge is -2.18. The average Bonchev–Trinajstić information content (AvgIpc) is 2.62.